The molecular weight excluding hydrogens is 214 g/mol. The van der Waals surface area contributed by atoms with Crippen LogP contribution in [0, 0.1) is 0 Å². The molecule has 1 aromatic rings. The molecule has 0 unspecified atom stereocenters. The molecule has 1 heterocycles. The highest BCUT2D eigenvalue weighted by Gasteiger charge is 2.32. The third-order valence-electron chi connectivity index (χ3n) is 3.11. The van der Waals surface area contributed by atoms with Crippen LogP contribution in [0.5, 0.6) is 0 Å². The number of esters is 1. The van der Waals surface area contributed by atoms with E-state index in [1.165, 1.54) is 5.56 Å². The van der Waals surface area contributed by atoms with Gasteiger partial charge in [-0.05, 0) is 25.1 Å². The first-order valence-electron chi connectivity index (χ1n) is 5.77. The number of morpholine rings is 1. The molecule has 1 fully saturated rings. The normalized spacial score (nSPS) is 25.4. The molecular formula is C14H17NO2. The number of rotatable bonds is 3. The first-order valence-corrected chi connectivity index (χ1v) is 5.77. The van der Waals surface area contributed by atoms with Crippen LogP contribution in [0.4, 0.5) is 0 Å². The highest BCUT2D eigenvalue weighted by molar-refractivity contribution is 5.73. The van der Waals surface area contributed by atoms with E-state index in [9.17, 15) is 4.79 Å². The molecule has 0 saturated carbocycles. The van der Waals surface area contributed by atoms with Crippen molar-refractivity contribution in [3.8, 4) is 0 Å². The van der Waals surface area contributed by atoms with Gasteiger partial charge in [-0.25, -0.2) is 0 Å². The number of carbonyl (C=O) groups excluding carboxylic acids is 1. The zero-order chi connectivity index (χ0) is 12.3. The van der Waals surface area contributed by atoms with Crippen LogP contribution in [-0.2, 0) is 16.0 Å². The number of nitrogens with zero attached hydrogens (tertiary/aromatic N) is 1. The van der Waals surface area contributed by atoms with Crippen LogP contribution in [0.2, 0.25) is 0 Å². The number of carbonyl (C=O) groups is 1. The fraction of sp³-hybridized carbons (Fsp3) is 0.357. The highest BCUT2D eigenvalue weighted by atomic mass is 16.5. The number of likely N-dealkylation sites (N-methyl/N-ethyl adjacent to an activating group) is 1. The van der Waals surface area contributed by atoms with E-state index < -0.39 is 0 Å². The van der Waals surface area contributed by atoms with Crippen LogP contribution >= 0.6 is 0 Å². The molecule has 1 saturated heterocycles. The largest absolute Gasteiger partial charge is 0.455 e. The number of hydrogen-bond acceptors (Lipinski definition) is 3. The predicted octanol–water partition coefficient (Wildman–Crippen LogP) is 1.64. The summed E-state index contributed by atoms with van der Waals surface area (Å²) in [5.41, 5.74) is 1.24. The van der Waals surface area contributed by atoms with Gasteiger partial charge >= 0.3 is 5.97 Å². The summed E-state index contributed by atoms with van der Waals surface area (Å²) >= 11 is 0. The monoisotopic (exact) mass is 231 g/mol. The fourth-order valence-electron chi connectivity index (χ4n) is 2.17. The highest BCUT2D eigenvalue weighted by Crippen LogP contribution is 2.18. The zero-order valence-corrected chi connectivity index (χ0v) is 10.0. The molecule has 2 atom stereocenters. The standard InChI is InChI=1S/C14H17NO2/c1-3-13-12(15(2)10-14(16)17-13)9-11-7-5-4-6-8-11/h3-8,12-13H,1,9-10H2,2H3/t12-,13-/m0/s1. The summed E-state index contributed by atoms with van der Waals surface area (Å²) in [6, 6.07) is 10.4. The maximum absolute atomic E-state index is 11.3. The van der Waals surface area contributed by atoms with Gasteiger partial charge in [0.05, 0.1) is 12.6 Å². The molecule has 0 radical (unpaired) electrons. The Morgan fingerprint density at radius 1 is 1.47 bits per heavy atom. The van der Waals surface area contributed by atoms with Crippen molar-refractivity contribution >= 4 is 5.97 Å². The van der Waals surface area contributed by atoms with Gasteiger partial charge in [-0.2, -0.15) is 0 Å². The SMILES string of the molecule is C=C[C@@H]1OC(=O)CN(C)[C@H]1Cc1ccccc1. The van der Waals surface area contributed by atoms with Crippen molar-refractivity contribution in [3.63, 3.8) is 0 Å². The van der Waals surface area contributed by atoms with Crippen LogP contribution in [0.25, 0.3) is 0 Å². The van der Waals surface area contributed by atoms with Crippen molar-refractivity contribution in [3.05, 3.63) is 48.6 Å². The predicted molar refractivity (Wildman–Crippen MR) is 66.6 cm³/mol. The van der Waals surface area contributed by atoms with Crippen molar-refractivity contribution in [1.82, 2.24) is 4.90 Å². The molecule has 17 heavy (non-hydrogen) atoms. The van der Waals surface area contributed by atoms with Crippen LogP contribution in [0.15, 0.2) is 43.0 Å². The quantitative estimate of drug-likeness (QED) is 0.585. The topological polar surface area (TPSA) is 29.5 Å². The zero-order valence-electron chi connectivity index (χ0n) is 10.0. The lowest BCUT2D eigenvalue weighted by Crippen LogP contribution is -2.51. The van der Waals surface area contributed by atoms with E-state index in [0.717, 1.165) is 6.42 Å². The van der Waals surface area contributed by atoms with Gasteiger partial charge in [-0.1, -0.05) is 36.9 Å². The molecule has 0 aromatic heterocycles. The molecule has 0 aliphatic carbocycles. The van der Waals surface area contributed by atoms with E-state index in [2.05, 4.69) is 18.7 Å². The smallest absolute Gasteiger partial charge is 0.320 e. The Morgan fingerprint density at radius 2 is 2.18 bits per heavy atom. The average Bonchev–Trinajstić information content (AvgIpc) is 2.33. The Balaban J connectivity index is 2.12. The summed E-state index contributed by atoms with van der Waals surface area (Å²) in [5, 5.41) is 0. The summed E-state index contributed by atoms with van der Waals surface area (Å²) in [5.74, 6) is -0.179. The van der Waals surface area contributed by atoms with Crippen molar-refractivity contribution in [2.75, 3.05) is 13.6 Å². The van der Waals surface area contributed by atoms with E-state index >= 15 is 0 Å². The van der Waals surface area contributed by atoms with Gasteiger partial charge in [-0.15, -0.1) is 0 Å². The van der Waals surface area contributed by atoms with Crippen molar-refractivity contribution < 1.29 is 9.53 Å². The fourth-order valence-corrected chi connectivity index (χ4v) is 2.17. The number of benzene rings is 1. The molecule has 1 aliphatic heterocycles. The van der Waals surface area contributed by atoms with Crippen LogP contribution in [0.3, 0.4) is 0 Å². The van der Waals surface area contributed by atoms with Crippen LogP contribution in [-0.4, -0.2) is 36.6 Å². The van der Waals surface area contributed by atoms with Gasteiger partial charge < -0.3 is 4.74 Å². The molecule has 0 amide bonds. The minimum Gasteiger partial charge on any atom is -0.455 e. The lowest BCUT2D eigenvalue weighted by molar-refractivity contribution is -0.159. The van der Waals surface area contributed by atoms with Gasteiger partial charge in [0.25, 0.3) is 0 Å². The maximum atomic E-state index is 11.3. The second-order valence-electron chi connectivity index (χ2n) is 4.36. The molecule has 0 spiro atoms. The minimum atomic E-state index is -0.221. The van der Waals surface area contributed by atoms with E-state index in [1.54, 1.807) is 6.08 Å². The lowest BCUT2D eigenvalue weighted by atomic mass is 9.98. The molecule has 3 nitrogen and oxygen atoms in total. The summed E-state index contributed by atoms with van der Waals surface area (Å²) in [4.78, 5) is 13.4. The van der Waals surface area contributed by atoms with Gasteiger partial charge in [0.2, 0.25) is 0 Å². The Bertz CT molecular complexity index is 402. The summed E-state index contributed by atoms with van der Waals surface area (Å²) in [6.07, 6.45) is 2.35. The summed E-state index contributed by atoms with van der Waals surface area (Å²) in [7, 11) is 1.95. The Kier molecular flexibility index (Phi) is 3.59. The second kappa shape index (κ2) is 5.15. The van der Waals surface area contributed by atoms with E-state index in [1.807, 2.05) is 30.1 Å². The van der Waals surface area contributed by atoms with E-state index in [0.29, 0.717) is 6.54 Å². The summed E-state index contributed by atoms with van der Waals surface area (Å²) < 4.78 is 5.29. The molecule has 0 N–H and O–H groups in total. The second-order valence-corrected chi connectivity index (χ2v) is 4.36. The van der Waals surface area contributed by atoms with Crippen LogP contribution in [0.1, 0.15) is 5.56 Å². The Hall–Kier alpha value is -1.61. The number of ether oxygens (including phenoxy) is 1. The van der Waals surface area contributed by atoms with Crippen molar-refractivity contribution in [1.29, 1.82) is 0 Å². The number of cyclic esters (lactones) is 1. The molecule has 1 aromatic carbocycles. The molecule has 0 bridgehead atoms. The van der Waals surface area contributed by atoms with Crippen molar-refractivity contribution in [2.24, 2.45) is 0 Å². The first kappa shape index (κ1) is 11.9. The lowest BCUT2D eigenvalue weighted by Gasteiger charge is -2.36. The third-order valence-corrected chi connectivity index (χ3v) is 3.11. The van der Waals surface area contributed by atoms with Gasteiger partial charge in [0, 0.05) is 0 Å². The van der Waals surface area contributed by atoms with Gasteiger partial charge in [-0.3, -0.25) is 9.69 Å². The molecule has 3 heteroatoms. The maximum Gasteiger partial charge on any atom is 0.320 e. The Morgan fingerprint density at radius 3 is 2.82 bits per heavy atom. The Labute approximate surface area is 102 Å². The van der Waals surface area contributed by atoms with Crippen molar-refractivity contribution in [2.45, 2.75) is 18.6 Å². The number of hydrogen-bond donors (Lipinski definition) is 0. The summed E-state index contributed by atoms with van der Waals surface area (Å²) in [6.45, 7) is 4.09. The minimum absolute atomic E-state index is 0.174. The molecule has 1 aliphatic rings. The first-order chi connectivity index (χ1) is 8.20. The van der Waals surface area contributed by atoms with E-state index in [4.69, 9.17) is 4.74 Å². The van der Waals surface area contributed by atoms with Gasteiger partial charge in [0.1, 0.15) is 6.10 Å². The molecule has 90 valence electrons. The van der Waals surface area contributed by atoms with E-state index in [-0.39, 0.29) is 18.1 Å². The van der Waals surface area contributed by atoms with Gasteiger partial charge in [0.15, 0.2) is 0 Å². The third kappa shape index (κ3) is 2.74. The van der Waals surface area contributed by atoms with Crippen LogP contribution < -0.4 is 0 Å². The average molecular weight is 231 g/mol. The molecule has 2 rings (SSSR count).